The number of aromatic hydroxyl groups is 1. The van der Waals surface area contributed by atoms with E-state index in [4.69, 9.17) is 11.6 Å². The monoisotopic (exact) mass is 360 g/mol. The van der Waals surface area contributed by atoms with Crippen LogP contribution in [0.15, 0.2) is 40.1 Å². The van der Waals surface area contributed by atoms with E-state index in [9.17, 15) is 20.0 Å². The molecular formula is C16H13ClN4O4. The van der Waals surface area contributed by atoms with E-state index in [2.05, 4.69) is 4.99 Å². The number of nitro groups is 1. The van der Waals surface area contributed by atoms with Crippen molar-refractivity contribution in [2.24, 2.45) is 19.1 Å². The van der Waals surface area contributed by atoms with E-state index < -0.39 is 16.4 Å². The zero-order valence-electron chi connectivity index (χ0n) is 13.3. The number of rotatable bonds is 3. The second-order valence-corrected chi connectivity index (χ2v) is 5.89. The number of imidazole rings is 1. The number of hydrogen-bond donors (Lipinski definition) is 1. The van der Waals surface area contributed by atoms with Crippen molar-refractivity contribution in [1.29, 1.82) is 0 Å². The summed E-state index contributed by atoms with van der Waals surface area (Å²) in [5.41, 5.74) is 1.46. The predicted octanol–water partition coefficient (Wildman–Crippen LogP) is 2.89. The molecule has 9 heteroatoms. The Bertz CT molecular complexity index is 1100. The first-order chi connectivity index (χ1) is 11.8. The molecule has 1 aromatic heterocycles. The second kappa shape index (κ2) is 6.06. The number of nitrogens with zero attached hydrogens (tertiary/aromatic N) is 4. The minimum Gasteiger partial charge on any atom is -0.502 e. The van der Waals surface area contributed by atoms with Gasteiger partial charge in [-0.3, -0.25) is 24.2 Å². The lowest BCUT2D eigenvalue weighted by Gasteiger charge is -2.02. The molecule has 0 spiro atoms. The Kier molecular flexibility index (Phi) is 4.05. The third kappa shape index (κ3) is 2.87. The summed E-state index contributed by atoms with van der Waals surface area (Å²) in [5, 5.41) is 21.0. The van der Waals surface area contributed by atoms with Crippen LogP contribution in [0.25, 0.3) is 11.0 Å². The van der Waals surface area contributed by atoms with Crippen molar-refractivity contribution < 1.29 is 10.0 Å². The van der Waals surface area contributed by atoms with Crippen molar-refractivity contribution in [1.82, 2.24) is 9.13 Å². The predicted molar refractivity (Wildman–Crippen MR) is 95.2 cm³/mol. The largest absolute Gasteiger partial charge is 0.502 e. The van der Waals surface area contributed by atoms with Gasteiger partial charge in [-0.15, -0.1) is 0 Å². The van der Waals surface area contributed by atoms with Crippen LogP contribution in [-0.4, -0.2) is 25.4 Å². The van der Waals surface area contributed by atoms with Crippen molar-refractivity contribution in [3.8, 4) is 5.75 Å². The van der Waals surface area contributed by atoms with Gasteiger partial charge in [-0.2, -0.15) is 0 Å². The van der Waals surface area contributed by atoms with Gasteiger partial charge in [0.2, 0.25) is 5.75 Å². The van der Waals surface area contributed by atoms with Gasteiger partial charge in [0, 0.05) is 37.0 Å². The summed E-state index contributed by atoms with van der Waals surface area (Å²) in [7, 11) is 3.33. The molecule has 3 rings (SSSR count). The van der Waals surface area contributed by atoms with Crippen LogP contribution in [-0.2, 0) is 14.1 Å². The van der Waals surface area contributed by atoms with Crippen molar-refractivity contribution in [2.75, 3.05) is 0 Å². The Morgan fingerprint density at radius 2 is 1.88 bits per heavy atom. The van der Waals surface area contributed by atoms with Gasteiger partial charge >= 0.3 is 11.4 Å². The van der Waals surface area contributed by atoms with E-state index >= 15 is 0 Å². The zero-order valence-corrected chi connectivity index (χ0v) is 14.1. The van der Waals surface area contributed by atoms with Crippen LogP contribution in [0.5, 0.6) is 5.75 Å². The smallest absolute Gasteiger partial charge is 0.328 e. The Hall–Kier alpha value is -3.13. The van der Waals surface area contributed by atoms with Crippen molar-refractivity contribution >= 4 is 40.2 Å². The van der Waals surface area contributed by atoms with Crippen LogP contribution in [0.3, 0.4) is 0 Å². The van der Waals surface area contributed by atoms with Gasteiger partial charge in [-0.1, -0.05) is 11.6 Å². The maximum absolute atomic E-state index is 11.9. The first-order valence-corrected chi connectivity index (χ1v) is 7.54. The van der Waals surface area contributed by atoms with Crippen LogP contribution in [0.1, 0.15) is 5.56 Å². The van der Waals surface area contributed by atoms with E-state index in [0.717, 1.165) is 11.6 Å². The molecule has 8 nitrogen and oxygen atoms in total. The number of aryl methyl sites for hydroxylation is 2. The van der Waals surface area contributed by atoms with Crippen LogP contribution in [0.2, 0.25) is 5.02 Å². The zero-order chi connectivity index (χ0) is 18.3. The standard InChI is InChI=1S/C16H13ClN4O4/c1-19-12-4-3-11(7-13(12)20(2)16(19)23)18-8-9-5-10(17)6-14(15(9)22)21(24)25/h3-8,22H,1-2H3. The number of phenols is 1. The maximum Gasteiger partial charge on any atom is 0.328 e. The SMILES string of the molecule is Cn1c(=O)n(C)c2cc(N=Cc3cc(Cl)cc([N+](=O)[O-])c3O)ccc21. The number of fused-ring (bicyclic) bond motifs is 1. The molecule has 128 valence electrons. The highest BCUT2D eigenvalue weighted by Crippen LogP contribution is 2.32. The highest BCUT2D eigenvalue weighted by molar-refractivity contribution is 6.31. The average Bonchev–Trinajstić information content (AvgIpc) is 2.79. The Morgan fingerprint density at radius 3 is 2.56 bits per heavy atom. The van der Waals surface area contributed by atoms with E-state index in [1.165, 1.54) is 21.4 Å². The number of aliphatic imine (C=N–C) groups is 1. The molecule has 0 unspecified atom stereocenters. The molecule has 0 bridgehead atoms. The summed E-state index contributed by atoms with van der Waals surface area (Å²) >= 11 is 5.85. The lowest BCUT2D eigenvalue weighted by molar-refractivity contribution is -0.385. The molecule has 0 saturated carbocycles. The Labute approximate surface area is 146 Å². The fourth-order valence-corrected chi connectivity index (χ4v) is 2.78. The minimum absolute atomic E-state index is 0.117. The molecule has 1 N–H and O–H groups in total. The Morgan fingerprint density at radius 1 is 1.20 bits per heavy atom. The van der Waals surface area contributed by atoms with E-state index in [1.54, 1.807) is 32.3 Å². The molecule has 3 aromatic rings. The van der Waals surface area contributed by atoms with Gasteiger partial charge in [-0.25, -0.2) is 4.79 Å². The van der Waals surface area contributed by atoms with Gasteiger partial charge in [0.15, 0.2) is 0 Å². The molecule has 0 fully saturated rings. The summed E-state index contributed by atoms with van der Waals surface area (Å²) in [5.74, 6) is -0.508. The maximum atomic E-state index is 11.9. The van der Waals surface area contributed by atoms with Crippen LogP contribution < -0.4 is 5.69 Å². The van der Waals surface area contributed by atoms with Crippen LogP contribution >= 0.6 is 11.6 Å². The number of benzene rings is 2. The highest BCUT2D eigenvalue weighted by Gasteiger charge is 2.17. The van der Waals surface area contributed by atoms with Gasteiger partial charge in [0.1, 0.15) is 0 Å². The van der Waals surface area contributed by atoms with Gasteiger partial charge in [-0.05, 0) is 24.3 Å². The number of nitro benzene ring substituents is 1. The second-order valence-electron chi connectivity index (χ2n) is 5.45. The van der Waals surface area contributed by atoms with E-state index in [0.29, 0.717) is 11.2 Å². The first-order valence-electron chi connectivity index (χ1n) is 7.16. The quantitative estimate of drug-likeness (QED) is 0.440. The summed E-state index contributed by atoms with van der Waals surface area (Å²) < 4.78 is 3.02. The van der Waals surface area contributed by atoms with Crippen molar-refractivity contribution in [3.05, 3.63) is 61.5 Å². The number of hydrogen-bond acceptors (Lipinski definition) is 5. The number of phenolic OH excluding ortho intramolecular Hbond substituents is 1. The minimum atomic E-state index is -0.718. The molecule has 25 heavy (non-hydrogen) atoms. The molecule has 0 radical (unpaired) electrons. The number of halogens is 1. The normalized spacial score (nSPS) is 11.5. The molecule has 2 aromatic carbocycles. The highest BCUT2D eigenvalue weighted by atomic mass is 35.5. The third-order valence-corrected chi connectivity index (χ3v) is 4.11. The third-order valence-electron chi connectivity index (χ3n) is 3.89. The van der Waals surface area contributed by atoms with E-state index in [1.807, 2.05) is 0 Å². The van der Waals surface area contributed by atoms with Gasteiger partial charge in [0.25, 0.3) is 0 Å². The molecular weight excluding hydrogens is 348 g/mol. The number of aromatic nitrogens is 2. The van der Waals surface area contributed by atoms with Crippen molar-refractivity contribution in [3.63, 3.8) is 0 Å². The molecule has 0 aliphatic carbocycles. The molecule has 0 saturated heterocycles. The molecule has 0 atom stereocenters. The van der Waals surface area contributed by atoms with Gasteiger partial charge in [0.05, 0.1) is 21.6 Å². The molecule has 0 aliphatic heterocycles. The Balaban J connectivity index is 2.06. The van der Waals surface area contributed by atoms with E-state index in [-0.39, 0.29) is 16.3 Å². The summed E-state index contributed by atoms with van der Waals surface area (Å²) in [6.45, 7) is 0. The fourth-order valence-electron chi connectivity index (χ4n) is 2.56. The van der Waals surface area contributed by atoms with Crippen LogP contribution in [0, 0.1) is 10.1 Å². The van der Waals surface area contributed by atoms with Gasteiger partial charge < -0.3 is 5.11 Å². The van der Waals surface area contributed by atoms with Crippen LogP contribution in [0.4, 0.5) is 11.4 Å². The fraction of sp³-hybridized carbons (Fsp3) is 0.125. The summed E-state index contributed by atoms with van der Waals surface area (Å²) in [6.07, 6.45) is 1.29. The average molecular weight is 361 g/mol. The topological polar surface area (TPSA) is 103 Å². The molecule has 1 heterocycles. The molecule has 0 aliphatic rings. The first kappa shape index (κ1) is 16.7. The van der Waals surface area contributed by atoms with Crippen molar-refractivity contribution in [2.45, 2.75) is 0 Å². The molecule has 0 amide bonds. The lowest BCUT2D eigenvalue weighted by atomic mass is 10.2. The lowest BCUT2D eigenvalue weighted by Crippen LogP contribution is -2.19. The summed E-state index contributed by atoms with van der Waals surface area (Å²) in [4.78, 5) is 26.4. The summed E-state index contributed by atoms with van der Waals surface area (Å²) in [6, 6.07) is 7.62.